The van der Waals surface area contributed by atoms with Crippen LogP contribution >= 0.6 is 34.5 Å². The van der Waals surface area contributed by atoms with Crippen LogP contribution < -0.4 is 10.3 Å². The van der Waals surface area contributed by atoms with Crippen LogP contribution in [0.5, 0.6) is 0 Å². The van der Waals surface area contributed by atoms with Gasteiger partial charge in [-0.05, 0) is 42.5 Å². The second-order valence-corrected chi connectivity index (χ2v) is 8.24. The van der Waals surface area contributed by atoms with Crippen LogP contribution in [0.15, 0.2) is 59.1 Å². The Morgan fingerprint density at radius 1 is 1.14 bits per heavy atom. The van der Waals surface area contributed by atoms with Crippen molar-refractivity contribution in [1.82, 2.24) is 14.8 Å². The highest BCUT2D eigenvalue weighted by Crippen LogP contribution is 2.31. The minimum atomic E-state index is -0.261. The Morgan fingerprint density at radius 3 is 2.76 bits per heavy atom. The summed E-state index contributed by atoms with van der Waals surface area (Å²) in [5.74, 6) is 0.592. The first-order valence-electron chi connectivity index (χ1n) is 8.82. The maximum Gasteiger partial charge on any atom is 0.194 e. The van der Waals surface area contributed by atoms with E-state index in [1.54, 1.807) is 29.5 Å². The molecule has 0 fully saturated rings. The molecule has 2 aromatic carbocycles. The molecule has 0 aliphatic carbocycles. The summed E-state index contributed by atoms with van der Waals surface area (Å²) in [5.41, 5.74) is 6.62. The number of aromatic nitrogens is 2. The summed E-state index contributed by atoms with van der Waals surface area (Å²) in [6, 6.07) is 11.8. The molecule has 2 aromatic heterocycles. The lowest BCUT2D eigenvalue weighted by atomic mass is 10.2. The Kier molecular flexibility index (Phi) is 4.66. The van der Waals surface area contributed by atoms with Gasteiger partial charge in [0.05, 0.1) is 16.4 Å². The van der Waals surface area contributed by atoms with Crippen LogP contribution in [0.2, 0.25) is 10.0 Å². The quantitative estimate of drug-likeness (QED) is 0.455. The van der Waals surface area contributed by atoms with Gasteiger partial charge in [0, 0.05) is 34.3 Å². The minimum Gasteiger partial charge on any atom is -0.307 e. The first kappa shape index (κ1) is 18.4. The average Bonchev–Trinajstić information content (AvgIpc) is 3.40. The second-order valence-electron chi connectivity index (χ2n) is 6.56. The van der Waals surface area contributed by atoms with Gasteiger partial charge >= 0.3 is 0 Å². The number of nitrogens with one attached hydrogen (secondary N) is 1. The predicted octanol–water partition coefficient (Wildman–Crippen LogP) is 5.43. The fraction of sp³-hybridized carbons (Fsp3) is 0.100. The molecule has 3 heterocycles. The third-order valence-corrected chi connectivity index (χ3v) is 6.14. The number of fused-ring (bicyclic) bond motifs is 1. The van der Waals surface area contributed by atoms with Gasteiger partial charge in [0.2, 0.25) is 0 Å². The number of halogens is 3. The summed E-state index contributed by atoms with van der Waals surface area (Å²) in [6.07, 6.45) is 2.57. The standard InChI is InChI=1S/C20H14Cl2FN5S/c21-13-3-6-18(16(22)7-13)28-11-24-26-19(28)8-15-10-29-20-25-17(9-27(15)20)12-1-4-14(23)5-2-12/h1-7,9-10,24H,8,11H2. The number of thiazole rings is 1. The minimum absolute atomic E-state index is 0.261. The third kappa shape index (κ3) is 3.46. The van der Waals surface area contributed by atoms with Gasteiger partial charge in [-0.25, -0.2) is 9.37 Å². The van der Waals surface area contributed by atoms with E-state index in [0.717, 1.165) is 33.4 Å². The molecule has 0 saturated carbocycles. The first-order valence-corrected chi connectivity index (χ1v) is 10.5. The van der Waals surface area contributed by atoms with Gasteiger partial charge in [-0.15, -0.1) is 11.3 Å². The third-order valence-electron chi connectivity index (χ3n) is 4.71. The topological polar surface area (TPSA) is 44.9 Å². The fourth-order valence-corrected chi connectivity index (χ4v) is 4.67. The molecule has 146 valence electrons. The molecule has 0 radical (unpaired) electrons. The van der Waals surface area contributed by atoms with E-state index in [1.807, 2.05) is 27.6 Å². The predicted molar refractivity (Wildman–Crippen MR) is 117 cm³/mol. The van der Waals surface area contributed by atoms with E-state index in [2.05, 4.69) is 20.9 Å². The smallest absolute Gasteiger partial charge is 0.194 e. The summed E-state index contributed by atoms with van der Waals surface area (Å²) in [4.78, 5) is 7.57. The molecule has 4 aromatic rings. The van der Waals surface area contributed by atoms with Gasteiger partial charge in [-0.1, -0.05) is 23.2 Å². The van der Waals surface area contributed by atoms with Gasteiger partial charge < -0.3 is 4.90 Å². The van der Waals surface area contributed by atoms with Gasteiger partial charge in [-0.3, -0.25) is 9.83 Å². The largest absolute Gasteiger partial charge is 0.307 e. The molecule has 0 saturated heterocycles. The molecule has 1 aliphatic heterocycles. The highest BCUT2D eigenvalue weighted by Gasteiger charge is 2.23. The molecule has 5 rings (SSSR count). The van der Waals surface area contributed by atoms with Gasteiger partial charge in [0.1, 0.15) is 18.3 Å². The molecule has 9 heteroatoms. The van der Waals surface area contributed by atoms with E-state index in [-0.39, 0.29) is 5.82 Å². The zero-order valence-electron chi connectivity index (χ0n) is 14.9. The average molecular weight is 446 g/mol. The molecule has 1 N–H and O–H groups in total. The Bertz CT molecular complexity index is 1230. The molecule has 0 spiro atoms. The molecule has 0 bridgehead atoms. The van der Waals surface area contributed by atoms with Crippen LogP contribution in [-0.2, 0) is 6.42 Å². The fourth-order valence-electron chi connectivity index (χ4n) is 3.29. The zero-order valence-corrected chi connectivity index (χ0v) is 17.3. The maximum absolute atomic E-state index is 13.2. The summed E-state index contributed by atoms with van der Waals surface area (Å²) < 4.78 is 15.2. The van der Waals surface area contributed by atoms with Crippen molar-refractivity contribution in [2.75, 3.05) is 11.6 Å². The van der Waals surface area contributed by atoms with Crippen molar-refractivity contribution in [3.8, 4) is 11.3 Å². The highest BCUT2D eigenvalue weighted by atomic mass is 35.5. The van der Waals surface area contributed by atoms with Crippen LogP contribution in [0.4, 0.5) is 10.1 Å². The molecule has 0 unspecified atom stereocenters. The summed E-state index contributed by atoms with van der Waals surface area (Å²) >= 11 is 14.0. The number of benzene rings is 2. The zero-order chi connectivity index (χ0) is 20.0. The SMILES string of the molecule is Fc1ccc(-c2cn3c(CC4=NNCN4c4ccc(Cl)cc4Cl)csc3n2)cc1. The lowest BCUT2D eigenvalue weighted by Gasteiger charge is -2.20. The van der Waals surface area contributed by atoms with E-state index in [9.17, 15) is 4.39 Å². The van der Waals surface area contributed by atoms with Gasteiger partial charge in [0.15, 0.2) is 4.96 Å². The maximum atomic E-state index is 13.2. The Hall–Kier alpha value is -2.61. The van der Waals surface area contributed by atoms with Crippen molar-refractivity contribution in [2.45, 2.75) is 6.42 Å². The van der Waals surface area contributed by atoms with Crippen LogP contribution in [0.3, 0.4) is 0 Å². The number of hydrogen-bond acceptors (Lipinski definition) is 5. The van der Waals surface area contributed by atoms with Crippen molar-refractivity contribution >= 4 is 51.0 Å². The van der Waals surface area contributed by atoms with Crippen LogP contribution in [0.1, 0.15) is 5.69 Å². The van der Waals surface area contributed by atoms with Crippen molar-refractivity contribution < 1.29 is 4.39 Å². The monoisotopic (exact) mass is 445 g/mol. The molecule has 1 aliphatic rings. The van der Waals surface area contributed by atoms with Crippen molar-refractivity contribution in [3.05, 3.63) is 75.6 Å². The lowest BCUT2D eigenvalue weighted by molar-refractivity contribution is 0.628. The number of imidazole rings is 1. The molecule has 29 heavy (non-hydrogen) atoms. The molecular weight excluding hydrogens is 432 g/mol. The number of amidine groups is 1. The number of nitrogens with zero attached hydrogens (tertiary/aromatic N) is 4. The molecular formula is C20H14Cl2FN5S. The van der Waals surface area contributed by atoms with Crippen LogP contribution in [0, 0.1) is 5.82 Å². The Morgan fingerprint density at radius 2 is 1.97 bits per heavy atom. The van der Waals surface area contributed by atoms with Crippen LogP contribution in [-0.4, -0.2) is 21.9 Å². The number of hydrogen-bond donors (Lipinski definition) is 1. The Balaban J connectivity index is 1.44. The van der Waals surface area contributed by atoms with Gasteiger partial charge in [0.25, 0.3) is 0 Å². The molecule has 5 nitrogen and oxygen atoms in total. The van der Waals surface area contributed by atoms with Crippen molar-refractivity contribution in [3.63, 3.8) is 0 Å². The van der Waals surface area contributed by atoms with E-state index in [1.165, 1.54) is 12.1 Å². The summed E-state index contributed by atoms with van der Waals surface area (Å²) in [7, 11) is 0. The second kappa shape index (κ2) is 7.33. The van der Waals surface area contributed by atoms with Gasteiger partial charge in [-0.2, -0.15) is 5.10 Å². The first-order chi connectivity index (χ1) is 14.1. The van der Waals surface area contributed by atoms with Crippen LogP contribution in [0.25, 0.3) is 16.2 Å². The summed E-state index contributed by atoms with van der Waals surface area (Å²) in [6.45, 7) is 0.536. The number of anilines is 1. The van der Waals surface area contributed by atoms with Crippen molar-refractivity contribution in [1.29, 1.82) is 0 Å². The van der Waals surface area contributed by atoms with E-state index in [4.69, 9.17) is 23.2 Å². The number of rotatable bonds is 4. The lowest BCUT2D eigenvalue weighted by Crippen LogP contribution is -2.30. The summed E-state index contributed by atoms with van der Waals surface area (Å²) in [5, 5.41) is 7.68. The molecule has 0 amide bonds. The highest BCUT2D eigenvalue weighted by molar-refractivity contribution is 7.15. The van der Waals surface area contributed by atoms with E-state index in [0.29, 0.717) is 23.1 Å². The number of hydrazone groups is 1. The van der Waals surface area contributed by atoms with Crippen molar-refractivity contribution in [2.24, 2.45) is 5.10 Å². The van der Waals surface area contributed by atoms with E-state index >= 15 is 0 Å². The molecule has 0 atom stereocenters. The Labute approximate surface area is 180 Å². The van der Waals surface area contributed by atoms with E-state index < -0.39 is 0 Å². The normalized spacial score (nSPS) is 13.8.